The first-order chi connectivity index (χ1) is 11.5. The Balaban J connectivity index is 1.89. The van der Waals surface area contributed by atoms with Crippen LogP contribution >= 0.6 is 11.6 Å². The molecule has 0 saturated carbocycles. The van der Waals surface area contributed by atoms with Crippen LogP contribution in [0.1, 0.15) is 22.5 Å². The van der Waals surface area contributed by atoms with Gasteiger partial charge in [0.2, 0.25) is 0 Å². The summed E-state index contributed by atoms with van der Waals surface area (Å²) < 4.78 is 10.5. The highest BCUT2D eigenvalue weighted by Gasteiger charge is 2.13. The van der Waals surface area contributed by atoms with E-state index in [-0.39, 0.29) is 5.91 Å². The highest BCUT2D eigenvalue weighted by molar-refractivity contribution is 6.30. The number of aromatic nitrogens is 1. The Bertz CT molecular complexity index is 689. The second-order valence-corrected chi connectivity index (χ2v) is 5.82. The van der Waals surface area contributed by atoms with E-state index in [9.17, 15) is 4.79 Å². The third-order valence-corrected chi connectivity index (χ3v) is 3.92. The van der Waals surface area contributed by atoms with Crippen molar-refractivity contribution in [3.05, 3.63) is 52.8 Å². The van der Waals surface area contributed by atoms with Crippen LogP contribution in [0.25, 0.3) is 0 Å². The van der Waals surface area contributed by atoms with Gasteiger partial charge in [-0.2, -0.15) is 0 Å². The average Bonchev–Trinajstić information content (AvgIpc) is 2.61. The summed E-state index contributed by atoms with van der Waals surface area (Å²) in [5.41, 5.74) is 1.53. The Labute approximate surface area is 147 Å². The summed E-state index contributed by atoms with van der Waals surface area (Å²) in [7, 11) is 5.00. The molecular weight excluding hydrogens is 328 g/mol. The first kappa shape index (κ1) is 18.1. The maximum absolute atomic E-state index is 12.3. The van der Waals surface area contributed by atoms with Crippen molar-refractivity contribution in [2.75, 3.05) is 27.8 Å². The zero-order chi connectivity index (χ0) is 17.5. The van der Waals surface area contributed by atoms with Crippen molar-refractivity contribution in [3.8, 4) is 11.5 Å². The number of methoxy groups -OCH3 is 2. The molecule has 1 heterocycles. The van der Waals surface area contributed by atoms with Crippen LogP contribution < -0.4 is 9.47 Å². The summed E-state index contributed by atoms with van der Waals surface area (Å²) in [6, 6.07) is 9.15. The summed E-state index contributed by atoms with van der Waals surface area (Å²) in [5, 5.41) is 0.516. The lowest BCUT2D eigenvalue weighted by Crippen LogP contribution is -2.28. The molecule has 5 nitrogen and oxygen atoms in total. The molecule has 0 aliphatic heterocycles. The van der Waals surface area contributed by atoms with Crippen molar-refractivity contribution in [3.63, 3.8) is 0 Å². The van der Waals surface area contributed by atoms with Crippen molar-refractivity contribution in [1.29, 1.82) is 0 Å². The maximum atomic E-state index is 12.3. The zero-order valence-corrected chi connectivity index (χ0v) is 14.8. The first-order valence-corrected chi connectivity index (χ1v) is 8.01. The molecule has 0 unspecified atom stereocenters. The van der Waals surface area contributed by atoms with Gasteiger partial charge in [0.15, 0.2) is 11.5 Å². The Morgan fingerprint density at radius 3 is 2.54 bits per heavy atom. The largest absolute Gasteiger partial charge is 0.493 e. The van der Waals surface area contributed by atoms with Crippen LogP contribution in [0.4, 0.5) is 0 Å². The number of carbonyl (C=O) groups excluding carboxylic acids is 1. The average molecular weight is 349 g/mol. The normalized spacial score (nSPS) is 10.3. The number of ether oxygens (including phenoxy) is 2. The number of nitrogens with zero attached hydrogens (tertiary/aromatic N) is 2. The number of carbonyl (C=O) groups is 1. The van der Waals surface area contributed by atoms with Gasteiger partial charge in [0.05, 0.1) is 19.2 Å². The summed E-state index contributed by atoms with van der Waals surface area (Å²) in [5.74, 6) is 1.31. The molecule has 0 atom stereocenters. The molecule has 0 bridgehead atoms. The van der Waals surface area contributed by atoms with Crippen LogP contribution in [0.3, 0.4) is 0 Å². The van der Waals surface area contributed by atoms with Crippen molar-refractivity contribution >= 4 is 17.5 Å². The van der Waals surface area contributed by atoms with Crippen molar-refractivity contribution in [2.45, 2.75) is 12.8 Å². The van der Waals surface area contributed by atoms with Crippen LogP contribution in [0.15, 0.2) is 36.5 Å². The van der Waals surface area contributed by atoms with Gasteiger partial charge in [0.1, 0.15) is 5.69 Å². The third kappa shape index (κ3) is 4.61. The maximum Gasteiger partial charge on any atom is 0.272 e. The minimum absolute atomic E-state index is 0.112. The van der Waals surface area contributed by atoms with Crippen LogP contribution in [0.5, 0.6) is 11.5 Å². The van der Waals surface area contributed by atoms with Gasteiger partial charge in [0, 0.05) is 19.8 Å². The number of pyridine rings is 1. The Morgan fingerprint density at radius 2 is 1.92 bits per heavy atom. The molecule has 0 aliphatic rings. The molecule has 2 rings (SSSR count). The number of hydrogen-bond donors (Lipinski definition) is 0. The highest BCUT2D eigenvalue weighted by Crippen LogP contribution is 2.27. The fraction of sp³-hybridized carbons (Fsp3) is 0.333. The molecule has 6 heteroatoms. The fourth-order valence-electron chi connectivity index (χ4n) is 2.36. The van der Waals surface area contributed by atoms with E-state index < -0.39 is 0 Å². The van der Waals surface area contributed by atoms with Gasteiger partial charge in [-0.25, -0.2) is 4.98 Å². The van der Waals surface area contributed by atoms with E-state index in [1.165, 1.54) is 6.20 Å². The van der Waals surface area contributed by atoms with Gasteiger partial charge >= 0.3 is 0 Å². The number of benzene rings is 1. The second-order valence-electron chi connectivity index (χ2n) is 5.38. The van der Waals surface area contributed by atoms with E-state index in [2.05, 4.69) is 4.98 Å². The quantitative estimate of drug-likeness (QED) is 0.769. The summed E-state index contributed by atoms with van der Waals surface area (Å²) >= 11 is 5.79. The Hall–Kier alpha value is -2.27. The zero-order valence-electron chi connectivity index (χ0n) is 14.1. The van der Waals surface area contributed by atoms with Crippen LogP contribution in [-0.2, 0) is 6.42 Å². The number of halogens is 1. The predicted octanol–water partition coefficient (Wildman–Crippen LogP) is 3.46. The van der Waals surface area contributed by atoms with E-state index in [1.807, 2.05) is 18.2 Å². The van der Waals surface area contributed by atoms with E-state index in [4.69, 9.17) is 21.1 Å². The molecule has 128 valence electrons. The van der Waals surface area contributed by atoms with Gasteiger partial charge in [-0.15, -0.1) is 0 Å². The van der Waals surface area contributed by atoms with E-state index in [0.29, 0.717) is 28.8 Å². The van der Waals surface area contributed by atoms with E-state index in [0.717, 1.165) is 18.4 Å². The Morgan fingerprint density at radius 1 is 1.17 bits per heavy atom. The molecule has 24 heavy (non-hydrogen) atoms. The van der Waals surface area contributed by atoms with Crippen molar-refractivity contribution in [2.24, 2.45) is 0 Å². The van der Waals surface area contributed by atoms with Gasteiger partial charge < -0.3 is 14.4 Å². The molecule has 2 aromatic rings. The molecule has 1 aromatic heterocycles. The van der Waals surface area contributed by atoms with Gasteiger partial charge in [0.25, 0.3) is 5.91 Å². The highest BCUT2D eigenvalue weighted by atomic mass is 35.5. The number of rotatable bonds is 7. The molecule has 0 spiro atoms. The summed E-state index contributed by atoms with van der Waals surface area (Å²) in [6.07, 6.45) is 3.16. The first-order valence-electron chi connectivity index (χ1n) is 7.63. The number of hydrogen-bond acceptors (Lipinski definition) is 4. The lowest BCUT2D eigenvalue weighted by molar-refractivity contribution is 0.0788. The molecule has 0 N–H and O–H groups in total. The minimum atomic E-state index is -0.112. The molecule has 0 saturated heterocycles. The van der Waals surface area contributed by atoms with Gasteiger partial charge in [-0.3, -0.25) is 4.79 Å². The van der Waals surface area contributed by atoms with Crippen LogP contribution in [0, 0.1) is 0 Å². The molecule has 0 aliphatic carbocycles. The van der Waals surface area contributed by atoms with Crippen LogP contribution in [-0.4, -0.2) is 43.6 Å². The molecular formula is C18H21ClN2O3. The van der Waals surface area contributed by atoms with Crippen LogP contribution in [0.2, 0.25) is 5.02 Å². The number of aryl methyl sites for hydroxylation is 1. The Kier molecular flexibility index (Phi) is 6.44. The van der Waals surface area contributed by atoms with Gasteiger partial charge in [-0.05, 0) is 42.7 Å². The number of amides is 1. The van der Waals surface area contributed by atoms with Crippen molar-refractivity contribution in [1.82, 2.24) is 9.88 Å². The van der Waals surface area contributed by atoms with E-state index >= 15 is 0 Å². The molecule has 1 amide bonds. The monoisotopic (exact) mass is 348 g/mol. The SMILES string of the molecule is COc1ccc(CCCN(C)C(=O)c2ccc(Cl)cn2)cc1OC. The van der Waals surface area contributed by atoms with Crippen molar-refractivity contribution < 1.29 is 14.3 Å². The second kappa shape index (κ2) is 8.55. The predicted molar refractivity (Wildman–Crippen MR) is 94.1 cm³/mol. The lowest BCUT2D eigenvalue weighted by atomic mass is 10.1. The molecule has 1 aromatic carbocycles. The molecule has 0 fully saturated rings. The standard InChI is InChI=1S/C18H21ClN2O3/c1-21(18(22)15-8-7-14(19)12-20-15)10-4-5-13-6-9-16(23-2)17(11-13)24-3/h6-9,11-12H,4-5,10H2,1-3H3. The van der Waals surface area contributed by atoms with Gasteiger partial charge in [-0.1, -0.05) is 17.7 Å². The smallest absolute Gasteiger partial charge is 0.272 e. The minimum Gasteiger partial charge on any atom is -0.493 e. The fourth-order valence-corrected chi connectivity index (χ4v) is 2.47. The molecule has 0 radical (unpaired) electrons. The third-order valence-electron chi connectivity index (χ3n) is 3.70. The topological polar surface area (TPSA) is 51.7 Å². The summed E-state index contributed by atoms with van der Waals surface area (Å²) in [4.78, 5) is 18.0. The summed E-state index contributed by atoms with van der Waals surface area (Å²) in [6.45, 7) is 0.636. The lowest BCUT2D eigenvalue weighted by Gasteiger charge is -2.17. The van der Waals surface area contributed by atoms with E-state index in [1.54, 1.807) is 38.3 Å².